The minimum atomic E-state index is -0.399. The molecule has 1 aliphatic rings. The van der Waals surface area contributed by atoms with Crippen molar-refractivity contribution in [1.29, 1.82) is 0 Å². The predicted octanol–water partition coefficient (Wildman–Crippen LogP) is 4.69. The summed E-state index contributed by atoms with van der Waals surface area (Å²) < 4.78 is 8.76. The van der Waals surface area contributed by atoms with Gasteiger partial charge >= 0.3 is 5.69 Å². The summed E-state index contributed by atoms with van der Waals surface area (Å²) in [5, 5.41) is 0. The molecule has 0 amide bonds. The molecule has 0 aliphatic carbocycles. The molecule has 0 spiro atoms. The Labute approximate surface area is 188 Å². The average molecular weight is 431 g/mol. The van der Waals surface area contributed by atoms with E-state index < -0.39 is 5.69 Å². The first-order valence-electron chi connectivity index (χ1n) is 11.3. The fourth-order valence-electron chi connectivity index (χ4n) is 4.22. The van der Waals surface area contributed by atoms with E-state index in [1.54, 1.807) is 7.05 Å². The van der Waals surface area contributed by atoms with Gasteiger partial charge in [0.15, 0.2) is 0 Å². The molecule has 0 fully saturated rings. The summed E-state index contributed by atoms with van der Waals surface area (Å²) in [6.07, 6.45) is 6.67. The Morgan fingerprint density at radius 1 is 0.906 bits per heavy atom. The van der Waals surface area contributed by atoms with Crippen molar-refractivity contribution >= 4 is 5.76 Å². The number of hydrogen-bond donors (Lipinski definition) is 0. The molecule has 1 atom stereocenters. The molecule has 1 aromatic heterocycles. The molecule has 3 aromatic rings. The van der Waals surface area contributed by atoms with E-state index in [0.717, 1.165) is 27.7 Å². The number of benzene rings is 2. The zero-order valence-electron chi connectivity index (χ0n) is 19.2. The van der Waals surface area contributed by atoms with Crippen LogP contribution in [-0.4, -0.2) is 9.13 Å². The number of allylic oxidation sites excluding steroid dienone is 1. The maximum atomic E-state index is 13.1. The molecule has 0 bridgehead atoms. The summed E-state index contributed by atoms with van der Waals surface area (Å²) in [5.41, 5.74) is 4.13. The van der Waals surface area contributed by atoms with Crippen molar-refractivity contribution in [1.82, 2.24) is 9.13 Å². The third-order valence-electron chi connectivity index (χ3n) is 6.22. The number of aryl methyl sites for hydroxylation is 2. The van der Waals surface area contributed by atoms with Crippen molar-refractivity contribution in [2.75, 3.05) is 0 Å². The van der Waals surface area contributed by atoms with E-state index in [-0.39, 0.29) is 11.5 Å². The zero-order valence-corrected chi connectivity index (χ0v) is 19.2. The summed E-state index contributed by atoms with van der Waals surface area (Å²) in [6.45, 7) is 4.24. The van der Waals surface area contributed by atoms with Gasteiger partial charge in [0.05, 0.1) is 5.56 Å². The number of ether oxygens (including phenoxy) is 1. The van der Waals surface area contributed by atoms with Gasteiger partial charge in [-0.1, -0.05) is 73.9 Å². The molecular formula is C27H30N2O3. The van der Waals surface area contributed by atoms with Gasteiger partial charge in [-0.3, -0.25) is 13.9 Å². The number of aromatic nitrogens is 2. The maximum absolute atomic E-state index is 13.1. The van der Waals surface area contributed by atoms with Crippen LogP contribution in [0.3, 0.4) is 0 Å². The lowest BCUT2D eigenvalue weighted by Gasteiger charge is -2.26. The molecule has 1 aliphatic heterocycles. The number of rotatable bonds is 6. The second-order valence-electron chi connectivity index (χ2n) is 8.60. The van der Waals surface area contributed by atoms with E-state index >= 15 is 0 Å². The van der Waals surface area contributed by atoms with E-state index in [0.29, 0.717) is 17.2 Å². The van der Waals surface area contributed by atoms with Crippen molar-refractivity contribution in [2.24, 2.45) is 14.1 Å². The fourth-order valence-corrected chi connectivity index (χ4v) is 4.22. The zero-order chi connectivity index (χ0) is 22.8. The molecular weight excluding hydrogens is 400 g/mol. The van der Waals surface area contributed by atoms with Gasteiger partial charge < -0.3 is 4.74 Å². The van der Waals surface area contributed by atoms with Crippen LogP contribution >= 0.6 is 0 Å². The molecule has 1 unspecified atom stereocenters. The molecule has 5 nitrogen and oxygen atoms in total. The van der Waals surface area contributed by atoms with Crippen LogP contribution < -0.4 is 16.0 Å². The van der Waals surface area contributed by atoms with Crippen molar-refractivity contribution in [3.8, 4) is 5.88 Å². The third-order valence-corrected chi connectivity index (χ3v) is 6.22. The van der Waals surface area contributed by atoms with Crippen molar-refractivity contribution in [3.05, 3.63) is 103 Å². The Morgan fingerprint density at radius 2 is 1.59 bits per heavy atom. The van der Waals surface area contributed by atoms with E-state index in [9.17, 15) is 9.59 Å². The fraction of sp³-hybridized carbons (Fsp3) is 0.333. The van der Waals surface area contributed by atoms with Crippen molar-refractivity contribution in [2.45, 2.75) is 45.4 Å². The largest absolute Gasteiger partial charge is 0.440 e. The highest BCUT2D eigenvalue weighted by molar-refractivity contribution is 5.67. The highest BCUT2D eigenvalue weighted by Gasteiger charge is 2.30. The van der Waals surface area contributed by atoms with Gasteiger partial charge in [-0.05, 0) is 37.0 Å². The Hall–Kier alpha value is -3.34. The lowest BCUT2D eigenvalue weighted by Crippen LogP contribution is -2.41. The Kier molecular flexibility index (Phi) is 6.17. The van der Waals surface area contributed by atoms with Crippen LogP contribution in [0.1, 0.15) is 59.9 Å². The first-order chi connectivity index (χ1) is 15.4. The number of hydrogen-bond acceptors (Lipinski definition) is 3. The highest BCUT2D eigenvalue weighted by atomic mass is 16.5. The second-order valence-corrected chi connectivity index (χ2v) is 8.60. The van der Waals surface area contributed by atoms with Crippen molar-refractivity contribution in [3.63, 3.8) is 0 Å². The van der Waals surface area contributed by atoms with E-state index in [2.05, 4.69) is 31.2 Å². The predicted molar refractivity (Wildman–Crippen MR) is 128 cm³/mol. The molecule has 0 saturated heterocycles. The van der Waals surface area contributed by atoms with E-state index in [1.165, 1.54) is 36.4 Å². The van der Waals surface area contributed by atoms with Crippen LogP contribution in [0.2, 0.25) is 0 Å². The van der Waals surface area contributed by atoms with Crippen LogP contribution in [0.4, 0.5) is 0 Å². The summed E-state index contributed by atoms with van der Waals surface area (Å²) >= 11 is 0. The van der Waals surface area contributed by atoms with Gasteiger partial charge in [-0.2, -0.15) is 0 Å². The van der Waals surface area contributed by atoms with Crippen LogP contribution in [0.25, 0.3) is 5.76 Å². The molecule has 2 heterocycles. The number of nitrogens with zero attached hydrogens (tertiary/aromatic N) is 2. The van der Waals surface area contributed by atoms with Crippen LogP contribution in [-0.2, 0) is 20.5 Å². The molecule has 166 valence electrons. The summed E-state index contributed by atoms with van der Waals surface area (Å²) in [7, 11) is 3.15. The normalized spacial score (nSPS) is 15.1. The average Bonchev–Trinajstić information content (AvgIpc) is 2.81. The van der Waals surface area contributed by atoms with Gasteiger partial charge in [-0.15, -0.1) is 0 Å². The molecule has 0 N–H and O–H groups in total. The maximum Gasteiger partial charge on any atom is 0.333 e. The Morgan fingerprint density at radius 3 is 2.25 bits per heavy atom. The third kappa shape index (κ3) is 4.07. The van der Waals surface area contributed by atoms with Crippen LogP contribution in [0.5, 0.6) is 5.88 Å². The highest BCUT2D eigenvalue weighted by Crippen LogP contribution is 2.38. The topological polar surface area (TPSA) is 53.2 Å². The first-order valence-corrected chi connectivity index (χ1v) is 11.3. The van der Waals surface area contributed by atoms with Gasteiger partial charge in [0, 0.05) is 25.6 Å². The molecule has 5 heteroatoms. The molecule has 32 heavy (non-hydrogen) atoms. The monoisotopic (exact) mass is 430 g/mol. The van der Waals surface area contributed by atoms with Crippen molar-refractivity contribution < 1.29 is 4.74 Å². The number of unbranched alkanes of at least 4 members (excludes halogenated alkanes) is 2. The second kappa shape index (κ2) is 9.03. The number of fused-ring (bicyclic) bond motifs is 1. The smallest absolute Gasteiger partial charge is 0.333 e. The minimum absolute atomic E-state index is 0.302. The first kappa shape index (κ1) is 21.9. The summed E-state index contributed by atoms with van der Waals surface area (Å²) in [4.78, 5) is 25.7. The minimum Gasteiger partial charge on any atom is -0.440 e. The Bertz CT molecular complexity index is 1260. The van der Waals surface area contributed by atoms with E-state index in [1.807, 2.05) is 37.3 Å². The SMILES string of the molecule is CCCCCc1ccc(C2=CC(c3ccc(C)cc3)c3c(n(C)c(=O)n(C)c3=O)O2)cc1. The molecule has 0 radical (unpaired) electrons. The van der Waals surface area contributed by atoms with Gasteiger partial charge in [-0.25, -0.2) is 4.79 Å². The molecule has 2 aromatic carbocycles. The summed E-state index contributed by atoms with van der Waals surface area (Å²) in [6, 6.07) is 16.5. The lowest BCUT2D eigenvalue weighted by molar-refractivity contribution is 0.425. The van der Waals surface area contributed by atoms with Crippen LogP contribution in [0.15, 0.2) is 64.2 Å². The molecule has 4 rings (SSSR count). The van der Waals surface area contributed by atoms with Crippen LogP contribution in [0, 0.1) is 6.92 Å². The Balaban J connectivity index is 1.80. The van der Waals surface area contributed by atoms with E-state index in [4.69, 9.17) is 4.74 Å². The standard InChI is InChI=1S/C27H30N2O3/c1-5-6-7-8-19-11-15-21(16-12-19)23-17-22(20-13-9-18(2)10-14-20)24-25(30)28(3)27(31)29(4)26(24)32-23/h9-17,22H,5-8H2,1-4H3. The summed E-state index contributed by atoms with van der Waals surface area (Å²) in [5.74, 6) is 0.670. The quantitative estimate of drug-likeness (QED) is 0.533. The van der Waals surface area contributed by atoms with Gasteiger partial charge in [0.2, 0.25) is 5.88 Å². The van der Waals surface area contributed by atoms with Gasteiger partial charge in [0.1, 0.15) is 5.76 Å². The lowest BCUT2D eigenvalue weighted by atomic mass is 9.89. The van der Waals surface area contributed by atoms with Gasteiger partial charge in [0.25, 0.3) is 5.56 Å². The molecule has 0 saturated carbocycles.